The number of amides is 1. The zero-order valence-electron chi connectivity index (χ0n) is 48.4. The van der Waals surface area contributed by atoms with Crippen molar-refractivity contribution in [3.8, 4) is 0 Å². The van der Waals surface area contributed by atoms with Crippen LogP contribution in [-0.4, -0.2) is 87.5 Å². The molecule has 0 aromatic carbocycles. The highest BCUT2D eigenvalue weighted by molar-refractivity contribution is 5.76. The van der Waals surface area contributed by atoms with E-state index in [1.807, 2.05) is 6.08 Å². The fraction of sp³-hybridized carbons (Fsp3) is 0.862. The van der Waals surface area contributed by atoms with E-state index in [4.69, 9.17) is 9.47 Å². The fourth-order valence-electron chi connectivity index (χ4n) is 10.1. The summed E-state index contributed by atoms with van der Waals surface area (Å²) in [7, 11) is 0. The van der Waals surface area contributed by atoms with E-state index >= 15 is 0 Å². The molecule has 1 amide bonds. The molecule has 1 aliphatic heterocycles. The van der Waals surface area contributed by atoms with E-state index in [0.717, 1.165) is 51.4 Å². The number of ether oxygens (including phenoxy) is 2. The monoisotopic (exact) mass is 1040 g/mol. The summed E-state index contributed by atoms with van der Waals surface area (Å²) in [4.78, 5) is 13.1. The minimum absolute atomic E-state index is 0.178. The van der Waals surface area contributed by atoms with Gasteiger partial charge in [0.1, 0.15) is 24.4 Å². The molecular formula is C65H121NO8. The molecule has 1 heterocycles. The topological polar surface area (TPSA) is 149 Å². The van der Waals surface area contributed by atoms with Crippen molar-refractivity contribution in [2.24, 2.45) is 0 Å². The van der Waals surface area contributed by atoms with Crippen LogP contribution in [-0.2, 0) is 14.3 Å². The van der Waals surface area contributed by atoms with Crippen molar-refractivity contribution in [1.82, 2.24) is 5.32 Å². The van der Waals surface area contributed by atoms with E-state index in [-0.39, 0.29) is 12.5 Å². The summed E-state index contributed by atoms with van der Waals surface area (Å²) in [5.41, 5.74) is 0. The number of unbranched alkanes of at least 4 members (excludes halogenated alkanes) is 39. The van der Waals surface area contributed by atoms with Crippen LogP contribution in [0.3, 0.4) is 0 Å². The van der Waals surface area contributed by atoms with Gasteiger partial charge in [0, 0.05) is 6.42 Å². The molecule has 7 unspecified atom stereocenters. The molecular weight excluding hydrogens is 923 g/mol. The summed E-state index contributed by atoms with van der Waals surface area (Å²) in [5.74, 6) is -0.178. The molecule has 0 bridgehead atoms. The lowest BCUT2D eigenvalue weighted by atomic mass is 9.99. The zero-order valence-corrected chi connectivity index (χ0v) is 48.4. The lowest BCUT2D eigenvalue weighted by Gasteiger charge is -2.40. The van der Waals surface area contributed by atoms with Crippen LogP contribution in [0.25, 0.3) is 0 Å². The number of hydrogen-bond donors (Lipinski definition) is 6. The molecule has 6 N–H and O–H groups in total. The Kier molecular flexibility index (Phi) is 51.7. The van der Waals surface area contributed by atoms with Gasteiger partial charge >= 0.3 is 0 Å². The van der Waals surface area contributed by atoms with Gasteiger partial charge in [0.15, 0.2) is 6.29 Å². The summed E-state index contributed by atoms with van der Waals surface area (Å²) in [6, 6.07) is -0.810. The molecule has 7 atom stereocenters. The van der Waals surface area contributed by atoms with Crippen LogP contribution in [0.15, 0.2) is 48.6 Å². The van der Waals surface area contributed by atoms with Gasteiger partial charge in [-0.05, 0) is 57.8 Å². The van der Waals surface area contributed by atoms with Crippen molar-refractivity contribution >= 4 is 5.91 Å². The molecule has 0 aromatic rings. The van der Waals surface area contributed by atoms with Gasteiger partial charge in [-0.15, -0.1) is 0 Å². The summed E-state index contributed by atoms with van der Waals surface area (Å²) < 4.78 is 11.3. The van der Waals surface area contributed by atoms with Gasteiger partial charge in [-0.3, -0.25) is 4.79 Å². The summed E-state index contributed by atoms with van der Waals surface area (Å²) in [5, 5.41) is 54.7. The van der Waals surface area contributed by atoms with E-state index in [1.165, 1.54) is 231 Å². The highest BCUT2D eigenvalue weighted by Crippen LogP contribution is 2.23. The molecule has 74 heavy (non-hydrogen) atoms. The van der Waals surface area contributed by atoms with Crippen molar-refractivity contribution in [1.29, 1.82) is 0 Å². The Morgan fingerprint density at radius 2 is 0.797 bits per heavy atom. The third-order valence-electron chi connectivity index (χ3n) is 15.1. The average Bonchev–Trinajstić information content (AvgIpc) is 3.40. The number of hydrogen-bond acceptors (Lipinski definition) is 8. The van der Waals surface area contributed by atoms with Gasteiger partial charge in [0.25, 0.3) is 0 Å². The van der Waals surface area contributed by atoms with Gasteiger partial charge in [0.05, 0.1) is 25.4 Å². The van der Waals surface area contributed by atoms with E-state index in [0.29, 0.717) is 6.42 Å². The molecule has 434 valence electrons. The quantitative estimate of drug-likeness (QED) is 0.0261. The van der Waals surface area contributed by atoms with Gasteiger partial charge in [-0.25, -0.2) is 0 Å². The molecule has 1 aliphatic rings. The second-order valence-electron chi connectivity index (χ2n) is 22.2. The number of rotatable bonds is 55. The number of carbonyl (C=O) groups is 1. The predicted octanol–water partition coefficient (Wildman–Crippen LogP) is 16.5. The normalized spacial score (nSPS) is 19.3. The lowest BCUT2D eigenvalue weighted by Crippen LogP contribution is -2.60. The molecule has 1 saturated heterocycles. The second-order valence-corrected chi connectivity index (χ2v) is 22.2. The SMILES string of the molecule is CCCCCCC/C=C\C/C=C\C/C=C\CCCCCCCCCCCCC(=O)NC(COC1OC(CO)C(O)C(O)C1O)C(O)/C=C/CCCCCCCCCCCCCCCCCCCCCCCCCC. The van der Waals surface area contributed by atoms with Gasteiger partial charge in [-0.2, -0.15) is 0 Å². The maximum absolute atomic E-state index is 13.1. The van der Waals surface area contributed by atoms with E-state index in [1.54, 1.807) is 6.08 Å². The van der Waals surface area contributed by atoms with Crippen molar-refractivity contribution in [3.63, 3.8) is 0 Å². The van der Waals surface area contributed by atoms with Crippen molar-refractivity contribution in [2.45, 2.75) is 346 Å². The van der Waals surface area contributed by atoms with E-state index in [9.17, 15) is 30.3 Å². The number of aliphatic hydroxyl groups excluding tert-OH is 5. The van der Waals surface area contributed by atoms with Crippen LogP contribution in [0.1, 0.15) is 303 Å². The van der Waals surface area contributed by atoms with Crippen LogP contribution in [0.2, 0.25) is 0 Å². The summed E-state index contributed by atoms with van der Waals surface area (Å²) in [6.45, 7) is 3.80. The first kappa shape index (κ1) is 70.2. The molecule has 0 spiro atoms. The van der Waals surface area contributed by atoms with Gasteiger partial charge < -0.3 is 40.3 Å². The highest BCUT2D eigenvalue weighted by atomic mass is 16.7. The Hall–Kier alpha value is -1.85. The first-order valence-electron chi connectivity index (χ1n) is 31.9. The third kappa shape index (κ3) is 43.2. The minimum Gasteiger partial charge on any atom is -0.394 e. The standard InChI is InChI=1S/C65H121NO8/c1-3-5-7-9-11-13-15-17-19-21-23-25-27-29-31-32-34-36-38-40-42-44-46-48-50-52-54-59(68)58(57-73-65-64(72)63(71)62(70)60(56-67)74-65)66-61(69)55-53-51-49-47-45-43-41-39-37-35-33-30-28-26-24-22-20-18-16-14-12-10-8-6-4-2/h16,18,22,24,28,30,52,54,58-60,62-65,67-68,70-72H,3-15,17,19-21,23,25-27,29,31-51,53,55-57H2,1-2H3,(H,66,69)/b18-16-,24-22-,30-28-,54-52+. The molecule has 9 heteroatoms. The van der Waals surface area contributed by atoms with Gasteiger partial charge in [-0.1, -0.05) is 287 Å². The molecule has 1 fully saturated rings. The predicted molar refractivity (Wildman–Crippen MR) is 313 cm³/mol. The Balaban J connectivity index is 2.19. The van der Waals surface area contributed by atoms with Crippen LogP contribution in [0, 0.1) is 0 Å². The Bertz CT molecular complexity index is 1300. The van der Waals surface area contributed by atoms with Crippen LogP contribution in [0.5, 0.6) is 0 Å². The molecule has 0 aliphatic carbocycles. The van der Waals surface area contributed by atoms with Crippen LogP contribution >= 0.6 is 0 Å². The number of nitrogens with one attached hydrogen (secondary N) is 1. The Morgan fingerprint density at radius 1 is 0.459 bits per heavy atom. The lowest BCUT2D eigenvalue weighted by molar-refractivity contribution is -0.302. The number of allylic oxidation sites excluding steroid dienone is 7. The second kappa shape index (κ2) is 54.5. The van der Waals surface area contributed by atoms with E-state index in [2.05, 4.69) is 55.6 Å². The smallest absolute Gasteiger partial charge is 0.220 e. The molecule has 9 nitrogen and oxygen atoms in total. The van der Waals surface area contributed by atoms with Crippen LogP contribution in [0.4, 0.5) is 0 Å². The van der Waals surface area contributed by atoms with Gasteiger partial charge in [0.2, 0.25) is 5.91 Å². The zero-order chi connectivity index (χ0) is 53.6. The molecule has 0 aromatic heterocycles. The van der Waals surface area contributed by atoms with Crippen LogP contribution < -0.4 is 5.32 Å². The number of carbonyl (C=O) groups excluding carboxylic acids is 1. The molecule has 0 saturated carbocycles. The van der Waals surface area contributed by atoms with E-state index < -0.39 is 49.5 Å². The van der Waals surface area contributed by atoms with Crippen molar-refractivity contribution in [2.75, 3.05) is 13.2 Å². The fourth-order valence-corrected chi connectivity index (χ4v) is 10.1. The molecule has 0 radical (unpaired) electrons. The minimum atomic E-state index is -1.57. The maximum Gasteiger partial charge on any atom is 0.220 e. The largest absolute Gasteiger partial charge is 0.394 e. The molecule has 1 rings (SSSR count). The first-order valence-corrected chi connectivity index (χ1v) is 31.9. The van der Waals surface area contributed by atoms with Crippen molar-refractivity contribution < 1.29 is 39.8 Å². The van der Waals surface area contributed by atoms with Crippen molar-refractivity contribution in [3.05, 3.63) is 48.6 Å². The Morgan fingerprint density at radius 3 is 1.18 bits per heavy atom. The highest BCUT2D eigenvalue weighted by Gasteiger charge is 2.44. The average molecular weight is 1040 g/mol. The first-order chi connectivity index (χ1) is 36.3. The number of aliphatic hydroxyl groups is 5. The maximum atomic E-state index is 13.1. The Labute approximate surface area is 456 Å². The summed E-state index contributed by atoms with van der Waals surface area (Å²) >= 11 is 0. The third-order valence-corrected chi connectivity index (χ3v) is 15.1. The summed E-state index contributed by atoms with van der Waals surface area (Å²) in [6.07, 6.45) is 66.1.